The maximum atomic E-state index is 12.6. The van der Waals surface area contributed by atoms with Crippen LogP contribution >= 0.6 is 0 Å². The highest BCUT2D eigenvalue weighted by atomic mass is 16.5. The van der Waals surface area contributed by atoms with E-state index in [4.69, 9.17) is 4.52 Å². The molecule has 0 aliphatic carbocycles. The van der Waals surface area contributed by atoms with Gasteiger partial charge in [-0.15, -0.1) is 0 Å². The first kappa shape index (κ1) is 13.3. The van der Waals surface area contributed by atoms with Gasteiger partial charge in [0.2, 0.25) is 5.89 Å². The topological polar surface area (TPSA) is 88.3 Å². The number of amides is 3. The fourth-order valence-corrected chi connectivity index (χ4v) is 2.35. The molecule has 3 amide bonds. The van der Waals surface area contributed by atoms with Crippen molar-refractivity contribution in [2.45, 2.75) is 25.9 Å². The number of hydrogen-bond acceptors (Lipinski definition) is 5. The number of carbonyl (C=O) groups excluding carboxylic acids is 2. The predicted molar refractivity (Wildman–Crippen MR) is 71.9 cm³/mol. The quantitative estimate of drug-likeness (QED) is 0.860. The smallest absolute Gasteiger partial charge is 0.325 e. The van der Waals surface area contributed by atoms with Crippen LogP contribution in [0.5, 0.6) is 0 Å². The number of aryl methyl sites for hydroxylation is 1. The van der Waals surface area contributed by atoms with E-state index in [0.717, 1.165) is 10.5 Å². The van der Waals surface area contributed by atoms with Crippen LogP contribution < -0.4 is 5.32 Å². The van der Waals surface area contributed by atoms with E-state index in [1.807, 2.05) is 18.2 Å². The second kappa shape index (κ2) is 4.69. The summed E-state index contributed by atoms with van der Waals surface area (Å²) in [5, 5.41) is 6.37. The number of carbonyl (C=O) groups is 2. The Kier molecular flexibility index (Phi) is 2.97. The average molecular weight is 286 g/mol. The molecule has 1 fully saturated rings. The first-order valence-corrected chi connectivity index (χ1v) is 6.49. The number of benzene rings is 1. The van der Waals surface area contributed by atoms with Crippen molar-refractivity contribution in [2.75, 3.05) is 0 Å². The van der Waals surface area contributed by atoms with E-state index in [2.05, 4.69) is 15.5 Å². The van der Waals surface area contributed by atoms with Crippen LogP contribution in [0.3, 0.4) is 0 Å². The second-order valence-corrected chi connectivity index (χ2v) is 5.05. The van der Waals surface area contributed by atoms with Crippen molar-refractivity contribution in [2.24, 2.45) is 0 Å². The summed E-state index contributed by atoms with van der Waals surface area (Å²) in [5.74, 6) is 0.353. The van der Waals surface area contributed by atoms with Crippen LogP contribution in [0.4, 0.5) is 4.79 Å². The fraction of sp³-hybridized carbons (Fsp3) is 0.286. The van der Waals surface area contributed by atoms with Crippen LogP contribution in [0.1, 0.15) is 24.2 Å². The molecule has 1 aromatic carbocycles. The van der Waals surface area contributed by atoms with E-state index in [1.165, 1.54) is 0 Å². The Balaban J connectivity index is 1.88. The van der Waals surface area contributed by atoms with Gasteiger partial charge < -0.3 is 9.84 Å². The predicted octanol–water partition coefficient (Wildman–Crippen LogP) is 1.35. The summed E-state index contributed by atoms with van der Waals surface area (Å²) in [6.07, 6.45) is 0. The molecule has 2 heterocycles. The van der Waals surface area contributed by atoms with E-state index < -0.39 is 11.6 Å². The first-order chi connectivity index (χ1) is 10.0. The molecule has 0 unspecified atom stereocenters. The number of imide groups is 1. The number of nitrogens with one attached hydrogen (secondary N) is 1. The van der Waals surface area contributed by atoms with Gasteiger partial charge in [-0.1, -0.05) is 35.5 Å². The number of rotatable bonds is 3. The Bertz CT molecular complexity index is 697. The minimum Gasteiger partial charge on any atom is -0.337 e. The first-order valence-electron chi connectivity index (χ1n) is 6.49. The van der Waals surface area contributed by atoms with E-state index in [-0.39, 0.29) is 18.3 Å². The monoisotopic (exact) mass is 286 g/mol. The zero-order chi connectivity index (χ0) is 15.0. The number of nitrogens with zero attached hydrogens (tertiary/aromatic N) is 3. The van der Waals surface area contributed by atoms with Crippen molar-refractivity contribution in [3.63, 3.8) is 0 Å². The van der Waals surface area contributed by atoms with Crippen molar-refractivity contribution < 1.29 is 14.1 Å². The third kappa shape index (κ3) is 2.16. The summed E-state index contributed by atoms with van der Waals surface area (Å²) >= 11 is 0. The van der Waals surface area contributed by atoms with Gasteiger partial charge in [0.15, 0.2) is 5.82 Å². The molecule has 1 aliphatic rings. The van der Waals surface area contributed by atoms with Crippen molar-refractivity contribution in [3.8, 4) is 0 Å². The zero-order valence-electron chi connectivity index (χ0n) is 11.7. The van der Waals surface area contributed by atoms with Crippen molar-refractivity contribution in [3.05, 3.63) is 47.6 Å². The average Bonchev–Trinajstić information content (AvgIpc) is 2.98. The molecule has 3 rings (SSSR count). The highest BCUT2D eigenvalue weighted by Gasteiger charge is 2.49. The van der Waals surface area contributed by atoms with Gasteiger partial charge in [0.05, 0.1) is 0 Å². The van der Waals surface area contributed by atoms with Gasteiger partial charge in [0.25, 0.3) is 5.91 Å². The molecule has 0 bridgehead atoms. The largest absolute Gasteiger partial charge is 0.337 e. The van der Waals surface area contributed by atoms with E-state index >= 15 is 0 Å². The SMILES string of the molecule is Cc1noc(CN2C(=O)N[C@](C)(c3ccccc3)C2=O)n1. The van der Waals surface area contributed by atoms with Crippen LogP contribution in [-0.4, -0.2) is 27.0 Å². The Hall–Kier alpha value is -2.70. The molecule has 21 heavy (non-hydrogen) atoms. The molecule has 1 N–H and O–H groups in total. The number of aromatic nitrogens is 2. The molecule has 1 atom stereocenters. The summed E-state index contributed by atoms with van der Waals surface area (Å²) < 4.78 is 4.96. The third-order valence-electron chi connectivity index (χ3n) is 3.49. The molecule has 1 saturated heterocycles. The van der Waals surface area contributed by atoms with Gasteiger partial charge in [-0.05, 0) is 19.4 Å². The maximum Gasteiger partial charge on any atom is 0.325 e. The molecule has 7 heteroatoms. The highest BCUT2D eigenvalue weighted by molar-refractivity contribution is 6.07. The lowest BCUT2D eigenvalue weighted by atomic mass is 9.92. The van der Waals surface area contributed by atoms with Gasteiger partial charge in [0, 0.05) is 0 Å². The summed E-state index contributed by atoms with van der Waals surface area (Å²) in [6.45, 7) is 3.32. The molecule has 1 aromatic heterocycles. The van der Waals surface area contributed by atoms with E-state index in [0.29, 0.717) is 5.82 Å². The van der Waals surface area contributed by atoms with Crippen molar-refractivity contribution in [1.82, 2.24) is 20.4 Å². The highest BCUT2D eigenvalue weighted by Crippen LogP contribution is 2.29. The van der Waals surface area contributed by atoms with Crippen LogP contribution in [0.25, 0.3) is 0 Å². The Labute approximate surface area is 120 Å². The Morgan fingerprint density at radius 2 is 2.00 bits per heavy atom. The summed E-state index contributed by atoms with van der Waals surface area (Å²) in [6, 6.07) is 8.64. The van der Waals surface area contributed by atoms with Crippen molar-refractivity contribution >= 4 is 11.9 Å². The fourth-order valence-electron chi connectivity index (χ4n) is 2.35. The Morgan fingerprint density at radius 3 is 2.62 bits per heavy atom. The maximum absolute atomic E-state index is 12.6. The van der Waals surface area contributed by atoms with Crippen LogP contribution in [0.15, 0.2) is 34.9 Å². The molecule has 2 aromatic rings. The third-order valence-corrected chi connectivity index (χ3v) is 3.49. The summed E-state index contributed by atoms with van der Waals surface area (Å²) in [7, 11) is 0. The minimum absolute atomic E-state index is 0.0338. The van der Waals surface area contributed by atoms with Crippen molar-refractivity contribution in [1.29, 1.82) is 0 Å². The van der Waals surface area contributed by atoms with Crippen LogP contribution in [0.2, 0.25) is 0 Å². The zero-order valence-corrected chi connectivity index (χ0v) is 11.7. The molecular weight excluding hydrogens is 272 g/mol. The van der Waals surface area contributed by atoms with E-state index in [1.54, 1.807) is 26.0 Å². The number of hydrogen-bond donors (Lipinski definition) is 1. The lowest BCUT2D eigenvalue weighted by Gasteiger charge is -2.21. The lowest BCUT2D eigenvalue weighted by Crippen LogP contribution is -2.40. The Morgan fingerprint density at radius 1 is 1.29 bits per heavy atom. The van der Waals surface area contributed by atoms with E-state index in [9.17, 15) is 9.59 Å². The minimum atomic E-state index is -1.08. The molecule has 1 aliphatic heterocycles. The molecule has 0 saturated carbocycles. The van der Waals surface area contributed by atoms with Crippen LogP contribution in [0, 0.1) is 6.92 Å². The van der Waals surface area contributed by atoms with Gasteiger partial charge in [0.1, 0.15) is 12.1 Å². The van der Waals surface area contributed by atoms with Gasteiger partial charge in [-0.2, -0.15) is 4.98 Å². The summed E-state index contributed by atoms with van der Waals surface area (Å²) in [5.41, 5.74) is -0.347. The molecule has 0 radical (unpaired) electrons. The molecular formula is C14H14N4O3. The molecule has 108 valence electrons. The van der Waals surface area contributed by atoms with Gasteiger partial charge >= 0.3 is 6.03 Å². The molecule has 7 nitrogen and oxygen atoms in total. The summed E-state index contributed by atoms with van der Waals surface area (Å²) in [4.78, 5) is 29.8. The number of urea groups is 1. The normalized spacial score (nSPS) is 21.7. The second-order valence-electron chi connectivity index (χ2n) is 5.05. The molecule has 0 spiro atoms. The van der Waals surface area contributed by atoms with Gasteiger partial charge in [-0.3, -0.25) is 9.69 Å². The van der Waals surface area contributed by atoms with Gasteiger partial charge in [-0.25, -0.2) is 4.79 Å². The standard InChI is InChI=1S/C14H14N4O3/c1-9-15-11(21-17-9)8-18-12(19)14(2,16-13(18)20)10-6-4-3-5-7-10/h3-7H,8H2,1-2H3,(H,16,20)/t14-/m1/s1. The van der Waals surface area contributed by atoms with Crippen LogP contribution in [-0.2, 0) is 16.9 Å². The lowest BCUT2D eigenvalue weighted by molar-refractivity contribution is -0.131.